The molecule has 0 saturated carbocycles. The zero-order chi connectivity index (χ0) is 13.1. The van der Waals surface area contributed by atoms with Crippen molar-refractivity contribution >= 4 is 17.0 Å². The van der Waals surface area contributed by atoms with Crippen LogP contribution >= 0.6 is 0 Å². The standard InChI is InChI=1S/C13H14N6/c1-10(8-19-7-6-14-9-19)15-13-16-11-4-2-3-5-12(11)17-18-13/h2-7,9-10H,8H2,1H3,(H,15,16,18). The molecule has 96 valence electrons. The van der Waals surface area contributed by atoms with Crippen molar-refractivity contribution in [2.45, 2.75) is 19.5 Å². The van der Waals surface area contributed by atoms with Crippen LogP contribution in [0.25, 0.3) is 11.0 Å². The third-order valence-corrected chi connectivity index (χ3v) is 2.78. The van der Waals surface area contributed by atoms with Crippen molar-refractivity contribution in [3.63, 3.8) is 0 Å². The Balaban J connectivity index is 1.73. The number of hydrogen-bond acceptors (Lipinski definition) is 5. The molecule has 0 radical (unpaired) electrons. The summed E-state index contributed by atoms with van der Waals surface area (Å²) in [5, 5.41) is 11.5. The Bertz CT molecular complexity index is 664. The predicted octanol–water partition coefficient (Wildman–Crippen LogP) is 1.72. The van der Waals surface area contributed by atoms with E-state index in [0.717, 1.165) is 17.6 Å². The topological polar surface area (TPSA) is 68.5 Å². The highest BCUT2D eigenvalue weighted by Gasteiger charge is 2.06. The van der Waals surface area contributed by atoms with Crippen LogP contribution in [0.3, 0.4) is 0 Å². The van der Waals surface area contributed by atoms with Gasteiger partial charge < -0.3 is 9.88 Å². The first kappa shape index (κ1) is 11.6. The molecular formula is C13H14N6. The molecule has 3 aromatic rings. The lowest BCUT2D eigenvalue weighted by molar-refractivity contribution is 0.614. The van der Waals surface area contributed by atoms with E-state index in [1.165, 1.54) is 0 Å². The molecule has 6 nitrogen and oxygen atoms in total. The second kappa shape index (κ2) is 5.01. The quantitative estimate of drug-likeness (QED) is 0.767. The SMILES string of the molecule is CC(Cn1ccnc1)Nc1nnc2ccccc2n1. The average Bonchev–Trinajstić information content (AvgIpc) is 2.91. The molecule has 3 rings (SSSR count). The maximum absolute atomic E-state index is 4.43. The normalized spacial score (nSPS) is 12.5. The number of nitrogens with one attached hydrogen (secondary N) is 1. The average molecular weight is 254 g/mol. The van der Waals surface area contributed by atoms with Gasteiger partial charge in [-0.2, -0.15) is 0 Å². The number of rotatable bonds is 4. The molecule has 0 aliphatic rings. The Kier molecular flexibility index (Phi) is 3.06. The van der Waals surface area contributed by atoms with Crippen LogP contribution in [0.1, 0.15) is 6.92 Å². The lowest BCUT2D eigenvalue weighted by Crippen LogP contribution is -2.22. The Morgan fingerprint density at radius 3 is 2.84 bits per heavy atom. The summed E-state index contributed by atoms with van der Waals surface area (Å²) in [7, 11) is 0. The van der Waals surface area contributed by atoms with Crippen LogP contribution in [0.5, 0.6) is 0 Å². The molecule has 0 amide bonds. The first-order valence-corrected chi connectivity index (χ1v) is 6.13. The lowest BCUT2D eigenvalue weighted by Gasteiger charge is -2.13. The van der Waals surface area contributed by atoms with Crippen LogP contribution in [0.15, 0.2) is 43.0 Å². The highest BCUT2D eigenvalue weighted by atomic mass is 15.2. The number of aromatic nitrogens is 5. The minimum atomic E-state index is 0.192. The van der Waals surface area contributed by atoms with E-state index in [1.54, 1.807) is 12.5 Å². The van der Waals surface area contributed by atoms with Gasteiger partial charge in [0, 0.05) is 25.0 Å². The summed E-state index contributed by atoms with van der Waals surface area (Å²) in [6.45, 7) is 2.87. The van der Waals surface area contributed by atoms with E-state index >= 15 is 0 Å². The molecular weight excluding hydrogens is 240 g/mol. The molecule has 0 saturated heterocycles. The number of nitrogens with zero attached hydrogens (tertiary/aromatic N) is 5. The van der Waals surface area contributed by atoms with Crippen LogP contribution in [-0.2, 0) is 6.54 Å². The molecule has 0 bridgehead atoms. The number of benzene rings is 1. The minimum Gasteiger partial charge on any atom is -0.349 e. The second-order valence-electron chi connectivity index (χ2n) is 4.43. The monoisotopic (exact) mass is 254 g/mol. The van der Waals surface area contributed by atoms with Crippen LogP contribution in [0.2, 0.25) is 0 Å². The summed E-state index contributed by atoms with van der Waals surface area (Å²) >= 11 is 0. The second-order valence-corrected chi connectivity index (χ2v) is 4.43. The van der Waals surface area contributed by atoms with Gasteiger partial charge in [0.05, 0.1) is 11.8 Å². The molecule has 19 heavy (non-hydrogen) atoms. The summed E-state index contributed by atoms with van der Waals surface area (Å²) in [4.78, 5) is 8.45. The van der Waals surface area contributed by atoms with Crippen LogP contribution in [-0.4, -0.2) is 30.8 Å². The van der Waals surface area contributed by atoms with Gasteiger partial charge in [0.15, 0.2) is 0 Å². The summed E-state index contributed by atoms with van der Waals surface area (Å²) in [6, 6.07) is 7.88. The summed E-state index contributed by atoms with van der Waals surface area (Å²) in [5.74, 6) is 0.548. The zero-order valence-corrected chi connectivity index (χ0v) is 10.6. The van der Waals surface area contributed by atoms with E-state index in [4.69, 9.17) is 0 Å². The Labute approximate surface area is 110 Å². The Morgan fingerprint density at radius 2 is 2.05 bits per heavy atom. The maximum Gasteiger partial charge on any atom is 0.243 e. The van der Waals surface area contributed by atoms with Gasteiger partial charge in [-0.3, -0.25) is 0 Å². The predicted molar refractivity (Wildman–Crippen MR) is 72.6 cm³/mol. The van der Waals surface area contributed by atoms with Crippen molar-refractivity contribution < 1.29 is 0 Å². The first-order chi connectivity index (χ1) is 9.31. The van der Waals surface area contributed by atoms with E-state index in [-0.39, 0.29) is 6.04 Å². The van der Waals surface area contributed by atoms with Crippen molar-refractivity contribution in [3.8, 4) is 0 Å². The van der Waals surface area contributed by atoms with Gasteiger partial charge in [-0.05, 0) is 19.1 Å². The van der Waals surface area contributed by atoms with Gasteiger partial charge in [0.2, 0.25) is 5.95 Å². The van der Waals surface area contributed by atoms with Crippen molar-refractivity contribution in [2.24, 2.45) is 0 Å². The maximum atomic E-state index is 4.43. The Morgan fingerprint density at radius 1 is 1.21 bits per heavy atom. The van der Waals surface area contributed by atoms with Gasteiger partial charge >= 0.3 is 0 Å². The molecule has 2 aromatic heterocycles. The fourth-order valence-electron chi connectivity index (χ4n) is 1.92. The van der Waals surface area contributed by atoms with E-state index in [9.17, 15) is 0 Å². The van der Waals surface area contributed by atoms with Crippen LogP contribution in [0, 0.1) is 0 Å². The molecule has 1 atom stereocenters. The molecule has 1 N–H and O–H groups in total. The molecule has 0 aliphatic carbocycles. The summed E-state index contributed by atoms with van der Waals surface area (Å²) in [6.07, 6.45) is 5.48. The summed E-state index contributed by atoms with van der Waals surface area (Å²) in [5.41, 5.74) is 1.64. The fraction of sp³-hybridized carbons (Fsp3) is 0.231. The van der Waals surface area contributed by atoms with Crippen LogP contribution < -0.4 is 5.32 Å². The molecule has 0 aliphatic heterocycles. The van der Waals surface area contributed by atoms with Gasteiger partial charge in [0.1, 0.15) is 5.52 Å². The zero-order valence-electron chi connectivity index (χ0n) is 10.6. The number of imidazole rings is 1. The summed E-state index contributed by atoms with van der Waals surface area (Å²) < 4.78 is 2.01. The van der Waals surface area contributed by atoms with Crippen molar-refractivity contribution in [2.75, 3.05) is 5.32 Å². The largest absolute Gasteiger partial charge is 0.349 e. The number of para-hydroxylation sites is 1. The lowest BCUT2D eigenvalue weighted by atomic mass is 10.3. The van der Waals surface area contributed by atoms with Crippen molar-refractivity contribution in [3.05, 3.63) is 43.0 Å². The molecule has 2 heterocycles. The number of fused-ring (bicyclic) bond motifs is 1. The Hall–Kier alpha value is -2.50. The first-order valence-electron chi connectivity index (χ1n) is 6.13. The van der Waals surface area contributed by atoms with E-state index in [0.29, 0.717) is 5.95 Å². The third-order valence-electron chi connectivity index (χ3n) is 2.78. The fourth-order valence-corrected chi connectivity index (χ4v) is 1.92. The van der Waals surface area contributed by atoms with E-state index in [2.05, 4.69) is 32.4 Å². The van der Waals surface area contributed by atoms with E-state index in [1.807, 2.05) is 35.0 Å². The molecule has 1 aromatic carbocycles. The number of hydrogen-bond donors (Lipinski definition) is 1. The highest BCUT2D eigenvalue weighted by molar-refractivity contribution is 5.74. The van der Waals surface area contributed by atoms with Gasteiger partial charge in [0.25, 0.3) is 0 Å². The molecule has 1 unspecified atom stereocenters. The van der Waals surface area contributed by atoms with Crippen LogP contribution in [0.4, 0.5) is 5.95 Å². The van der Waals surface area contributed by atoms with Gasteiger partial charge in [-0.15, -0.1) is 10.2 Å². The minimum absolute atomic E-state index is 0.192. The molecule has 6 heteroatoms. The smallest absolute Gasteiger partial charge is 0.243 e. The number of anilines is 1. The van der Waals surface area contributed by atoms with E-state index < -0.39 is 0 Å². The molecule has 0 fully saturated rings. The van der Waals surface area contributed by atoms with Gasteiger partial charge in [-0.1, -0.05) is 12.1 Å². The third kappa shape index (κ3) is 2.67. The van der Waals surface area contributed by atoms with Gasteiger partial charge in [-0.25, -0.2) is 9.97 Å². The molecule has 0 spiro atoms. The van der Waals surface area contributed by atoms with Crippen molar-refractivity contribution in [1.29, 1.82) is 0 Å². The highest BCUT2D eigenvalue weighted by Crippen LogP contribution is 2.09. The van der Waals surface area contributed by atoms with Crippen molar-refractivity contribution in [1.82, 2.24) is 24.7 Å².